The standard InChI is InChI=1S/C22H22BrClN4O2/c1-14-5-6-15(2)28(14)16-7-8-20(24)18(11-16)21(29)26-25-13-17-12-19(23)22(30-17)27-9-3-4-10-27/h5-8,11-13H,3-4,9-10H2,1-2H3,(H,26,29). The van der Waals surface area contributed by atoms with Crippen LogP contribution in [0.4, 0.5) is 5.88 Å². The summed E-state index contributed by atoms with van der Waals surface area (Å²) in [6.07, 6.45) is 3.81. The van der Waals surface area contributed by atoms with Gasteiger partial charge in [0.25, 0.3) is 5.91 Å². The van der Waals surface area contributed by atoms with E-state index in [-0.39, 0.29) is 5.91 Å². The molecule has 0 aliphatic carbocycles. The summed E-state index contributed by atoms with van der Waals surface area (Å²) in [5, 5.41) is 4.41. The van der Waals surface area contributed by atoms with Gasteiger partial charge in [0.15, 0.2) is 5.76 Å². The second-order valence-electron chi connectivity index (χ2n) is 7.31. The predicted molar refractivity (Wildman–Crippen MR) is 123 cm³/mol. The third-order valence-electron chi connectivity index (χ3n) is 5.16. The van der Waals surface area contributed by atoms with Crippen LogP contribution in [0.2, 0.25) is 5.02 Å². The molecule has 0 saturated carbocycles. The molecule has 4 rings (SSSR count). The maximum absolute atomic E-state index is 12.7. The number of aryl methyl sites for hydroxylation is 2. The van der Waals surface area contributed by atoms with Gasteiger partial charge < -0.3 is 13.9 Å². The number of halogens is 2. The number of aromatic nitrogens is 1. The van der Waals surface area contributed by atoms with Crippen LogP contribution in [0.25, 0.3) is 5.69 Å². The first-order valence-corrected chi connectivity index (χ1v) is 10.9. The summed E-state index contributed by atoms with van der Waals surface area (Å²) in [7, 11) is 0. The van der Waals surface area contributed by atoms with Gasteiger partial charge in [-0.3, -0.25) is 4.79 Å². The maximum Gasteiger partial charge on any atom is 0.272 e. The van der Waals surface area contributed by atoms with Crippen LogP contribution in [0, 0.1) is 13.8 Å². The number of benzene rings is 1. The van der Waals surface area contributed by atoms with Crippen molar-refractivity contribution in [2.24, 2.45) is 5.10 Å². The first-order valence-electron chi connectivity index (χ1n) is 9.76. The third kappa shape index (κ3) is 4.18. The van der Waals surface area contributed by atoms with E-state index < -0.39 is 0 Å². The van der Waals surface area contributed by atoms with E-state index in [4.69, 9.17) is 16.0 Å². The number of nitrogens with zero attached hydrogens (tertiary/aromatic N) is 3. The molecule has 1 aromatic carbocycles. The first-order chi connectivity index (χ1) is 14.4. The van der Waals surface area contributed by atoms with Crippen LogP contribution in [0.1, 0.15) is 40.3 Å². The lowest BCUT2D eigenvalue weighted by molar-refractivity contribution is 0.0955. The summed E-state index contributed by atoms with van der Waals surface area (Å²) in [6, 6.07) is 11.3. The van der Waals surface area contributed by atoms with Crippen molar-refractivity contribution in [3.63, 3.8) is 0 Å². The van der Waals surface area contributed by atoms with Gasteiger partial charge >= 0.3 is 0 Å². The number of carbonyl (C=O) groups excluding carboxylic acids is 1. The van der Waals surface area contributed by atoms with Crippen LogP contribution in [0.3, 0.4) is 0 Å². The number of carbonyl (C=O) groups is 1. The average molecular weight is 490 g/mol. The quantitative estimate of drug-likeness (QED) is 0.382. The largest absolute Gasteiger partial charge is 0.438 e. The van der Waals surface area contributed by atoms with Crippen molar-refractivity contribution >= 4 is 45.5 Å². The number of rotatable bonds is 5. The third-order valence-corrected chi connectivity index (χ3v) is 6.06. The number of hydrogen-bond acceptors (Lipinski definition) is 4. The minimum Gasteiger partial charge on any atom is -0.438 e. The van der Waals surface area contributed by atoms with Crippen LogP contribution in [-0.4, -0.2) is 29.8 Å². The zero-order valence-corrected chi connectivity index (χ0v) is 19.1. The number of nitrogens with one attached hydrogen (secondary N) is 1. The number of anilines is 1. The van der Waals surface area contributed by atoms with Crippen molar-refractivity contribution in [2.75, 3.05) is 18.0 Å². The van der Waals surface area contributed by atoms with E-state index >= 15 is 0 Å². The zero-order valence-electron chi connectivity index (χ0n) is 16.8. The summed E-state index contributed by atoms with van der Waals surface area (Å²) in [6.45, 7) is 6.00. The highest BCUT2D eigenvalue weighted by molar-refractivity contribution is 9.10. The summed E-state index contributed by atoms with van der Waals surface area (Å²) in [4.78, 5) is 14.9. The van der Waals surface area contributed by atoms with E-state index in [9.17, 15) is 4.79 Å². The van der Waals surface area contributed by atoms with Gasteiger partial charge in [0.1, 0.15) is 0 Å². The van der Waals surface area contributed by atoms with E-state index in [0.29, 0.717) is 16.3 Å². The highest BCUT2D eigenvalue weighted by Crippen LogP contribution is 2.32. The molecule has 3 aromatic rings. The fourth-order valence-corrected chi connectivity index (χ4v) is 4.45. The summed E-state index contributed by atoms with van der Waals surface area (Å²) >= 11 is 9.80. The molecule has 6 nitrogen and oxygen atoms in total. The van der Waals surface area contributed by atoms with Gasteiger partial charge in [0.2, 0.25) is 5.88 Å². The Labute approximate surface area is 188 Å². The van der Waals surface area contributed by atoms with Crippen molar-refractivity contribution in [1.82, 2.24) is 9.99 Å². The number of furan rings is 1. The van der Waals surface area contributed by atoms with Gasteiger partial charge in [0, 0.05) is 36.2 Å². The molecule has 1 aliphatic rings. The molecule has 30 heavy (non-hydrogen) atoms. The molecule has 0 radical (unpaired) electrons. The van der Waals surface area contributed by atoms with Crippen molar-refractivity contribution in [3.05, 3.63) is 68.6 Å². The molecular weight excluding hydrogens is 468 g/mol. The Hall–Kier alpha value is -2.51. The smallest absolute Gasteiger partial charge is 0.272 e. The van der Waals surface area contributed by atoms with E-state index in [2.05, 4.69) is 35.9 Å². The fourth-order valence-electron chi connectivity index (χ4n) is 3.69. The highest BCUT2D eigenvalue weighted by Gasteiger charge is 2.19. The van der Waals surface area contributed by atoms with Gasteiger partial charge in [-0.25, -0.2) is 5.43 Å². The van der Waals surface area contributed by atoms with E-state index in [0.717, 1.165) is 53.4 Å². The molecule has 8 heteroatoms. The minimum absolute atomic E-state index is 0.359. The summed E-state index contributed by atoms with van der Waals surface area (Å²) in [5.41, 5.74) is 5.93. The molecule has 0 atom stereocenters. The van der Waals surface area contributed by atoms with Gasteiger partial charge in [-0.15, -0.1) is 0 Å². The SMILES string of the molecule is Cc1ccc(C)n1-c1ccc(Cl)c(C(=O)NN=Cc2cc(Br)c(N3CCCC3)o2)c1. The number of hydrogen-bond donors (Lipinski definition) is 1. The Morgan fingerprint density at radius 2 is 1.87 bits per heavy atom. The molecule has 3 heterocycles. The number of hydrazone groups is 1. The Morgan fingerprint density at radius 3 is 2.57 bits per heavy atom. The maximum atomic E-state index is 12.7. The molecule has 1 saturated heterocycles. The van der Waals surface area contributed by atoms with Crippen LogP contribution in [0.15, 0.2) is 50.4 Å². The molecule has 156 valence electrons. The lowest BCUT2D eigenvalue weighted by atomic mass is 10.2. The molecule has 0 bridgehead atoms. The summed E-state index contributed by atoms with van der Waals surface area (Å²) < 4.78 is 8.80. The Morgan fingerprint density at radius 1 is 1.17 bits per heavy atom. The molecule has 0 unspecified atom stereocenters. The Balaban J connectivity index is 1.49. The highest BCUT2D eigenvalue weighted by atomic mass is 79.9. The molecule has 0 spiro atoms. The van der Waals surface area contributed by atoms with Crippen LogP contribution in [-0.2, 0) is 0 Å². The van der Waals surface area contributed by atoms with Gasteiger partial charge in [0.05, 0.1) is 21.3 Å². The van der Waals surface area contributed by atoms with Gasteiger partial charge in [-0.05, 0) is 73.0 Å². The van der Waals surface area contributed by atoms with Gasteiger partial charge in [-0.1, -0.05) is 11.6 Å². The van der Waals surface area contributed by atoms with E-state index in [1.807, 2.05) is 38.1 Å². The Bertz CT molecular complexity index is 1090. The van der Waals surface area contributed by atoms with Crippen molar-refractivity contribution in [3.8, 4) is 5.69 Å². The van der Waals surface area contributed by atoms with Crippen LogP contribution in [0.5, 0.6) is 0 Å². The number of amides is 1. The van der Waals surface area contributed by atoms with Crippen LogP contribution >= 0.6 is 27.5 Å². The normalized spacial score (nSPS) is 14.1. The summed E-state index contributed by atoms with van der Waals surface area (Å²) in [5.74, 6) is 0.974. The van der Waals surface area contributed by atoms with Crippen molar-refractivity contribution in [2.45, 2.75) is 26.7 Å². The molecule has 1 aliphatic heterocycles. The molecule has 1 N–H and O–H groups in total. The first kappa shape index (κ1) is 20.8. The molecule has 1 amide bonds. The molecule has 1 fully saturated rings. The van der Waals surface area contributed by atoms with E-state index in [1.54, 1.807) is 12.1 Å². The second kappa shape index (κ2) is 8.70. The van der Waals surface area contributed by atoms with E-state index in [1.165, 1.54) is 6.21 Å². The minimum atomic E-state index is -0.383. The topological polar surface area (TPSA) is 62.8 Å². The Kier molecular flexibility index (Phi) is 6.01. The van der Waals surface area contributed by atoms with Crippen molar-refractivity contribution < 1.29 is 9.21 Å². The fraction of sp³-hybridized carbons (Fsp3) is 0.273. The average Bonchev–Trinajstić information content (AvgIpc) is 3.44. The van der Waals surface area contributed by atoms with Gasteiger partial charge in [-0.2, -0.15) is 5.10 Å². The monoisotopic (exact) mass is 488 g/mol. The second-order valence-corrected chi connectivity index (χ2v) is 8.57. The lowest BCUT2D eigenvalue weighted by Gasteiger charge is -2.13. The lowest BCUT2D eigenvalue weighted by Crippen LogP contribution is -2.18. The van der Waals surface area contributed by atoms with Crippen LogP contribution < -0.4 is 10.3 Å². The predicted octanol–water partition coefficient (Wildman–Crippen LogP) is 5.47. The molecular formula is C22H22BrClN4O2. The zero-order chi connectivity index (χ0) is 21.3. The molecule has 2 aromatic heterocycles. The van der Waals surface area contributed by atoms with Crippen molar-refractivity contribution in [1.29, 1.82) is 0 Å².